The summed E-state index contributed by atoms with van der Waals surface area (Å²) in [5.74, 6) is 7.81. The predicted octanol–water partition coefficient (Wildman–Crippen LogP) is 2.78. The van der Waals surface area contributed by atoms with Crippen molar-refractivity contribution in [1.82, 2.24) is 0 Å². The number of terminal acetylenes is 3. The van der Waals surface area contributed by atoms with Gasteiger partial charge in [0, 0.05) is 16.7 Å². The van der Waals surface area contributed by atoms with Gasteiger partial charge in [0.15, 0.2) is 0 Å². The first-order valence-corrected chi connectivity index (χ1v) is 4.76. The van der Waals surface area contributed by atoms with Gasteiger partial charge < -0.3 is 0 Å². The lowest BCUT2D eigenvalue weighted by atomic mass is 9.99. The molecule has 0 heterocycles. The highest BCUT2D eigenvalue weighted by Gasteiger charge is 2.02. The maximum Gasteiger partial charge on any atom is 0.0333 e. The largest absolute Gasteiger partial charge is 0.115 e. The number of rotatable bonds is 0. The van der Waals surface area contributed by atoms with Crippen molar-refractivity contribution >= 4 is 10.8 Å². The number of hydrogen-bond acceptors (Lipinski definition) is 0. The Bertz CT molecular complexity index is 683. The fourth-order valence-electron chi connectivity index (χ4n) is 1.65. The lowest BCUT2D eigenvalue weighted by molar-refractivity contribution is 1.64. The molecule has 0 fully saturated rings. The highest BCUT2D eigenvalue weighted by atomic mass is 14.0. The van der Waals surface area contributed by atoms with Crippen LogP contribution >= 0.6 is 0 Å². The lowest BCUT2D eigenvalue weighted by Gasteiger charge is -2.03. The molecule has 0 heteroatoms. The summed E-state index contributed by atoms with van der Waals surface area (Å²) in [7, 11) is 0. The Morgan fingerprint density at radius 3 is 2.12 bits per heavy atom. The SMILES string of the molecule is C#Cc1cc(C#C)c2cc(C#C)ccc2c1. The fraction of sp³-hybridized carbons (Fsp3) is 0. The first-order valence-electron chi connectivity index (χ1n) is 4.76. The van der Waals surface area contributed by atoms with Crippen LogP contribution in [0.25, 0.3) is 10.8 Å². The van der Waals surface area contributed by atoms with Crippen LogP contribution in [0.4, 0.5) is 0 Å². The van der Waals surface area contributed by atoms with Crippen LogP contribution in [-0.4, -0.2) is 0 Å². The van der Waals surface area contributed by atoms with Crippen LogP contribution in [0.2, 0.25) is 0 Å². The fourth-order valence-corrected chi connectivity index (χ4v) is 1.65. The summed E-state index contributed by atoms with van der Waals surface area (Å²) in [6.45, 7) is 0. The van der Waals surface area contributed by atoms with Gasteiger partial charge in [-0.3, -0.25) is 0 Å². The van der Waals surface area contributed by atoms with Crippen molar-refractivity contribution in [3.8, 4) is 37.0 Å². The summed E-state index contributed by atoms with van der Waals surface area (Å²) < 4.78 is 0. The molecular formula is C16H8. The second kappa shape index (κ2) is 3.86. The minimum Gasteiger partial charge on any atom is -0.115 e. The Morgan fingerprint density at radius 1 is 0.750 bits per heavy atom. The van der Waals surface area contributed by atoms with E-state index in [-0.39, 0.29) is 0 Å². The maximum absolute atomic E-state index is 5.46. The van der Waals surface area contributed by atoms with Crippen LogP contribution < -0.4 is 0 Å². The Hall–Kier alpha value is -2.62. The highest BCUT2D eigenvalue weighted by Crippen LogP contribution is 2.21. The Kier molecular flexibility index (Phi) is 2.39. The molecule has 0 saturated heterocycles. The minimum absolute atomic E-state index is 0.780. The summed E-state index contributed by atoms with van der Waals surface area (Å²) in [5.41, 5.74) is 2.38. The summed E-state index contributed by atoms with van der Waals surface area (Å²) in [6, 6.07) is 9.47. The Morgan fingerprint density at radius 2 is 1.50 bits per heavy atom. The monoisotopic (exact) mass is 200 g/mol. The number of hydrogen-bond donors (Lipinski definition) is 0. The van der Waals surface area contributed by atoms with Crippen molar-refractivity contribution in [1.29, 1.82) is 0 Å². The summed E-state index contributed by atoms with van der Waals surface area (Å²) >= 11 is 0. The third-order valence-electron chi connectivity index (χ3n) is 2.44. The molecule has 0 saturated carbocycles. The van der Waals surface area contributed by atoms with E-state index >= 15 is 0 Å². The molecule has 2 aromatic carbocycles. The molecule has 2 aromatic rings. The van der Waals surface area contributed by atoms with Gasteiger partial charge in [0.1, 0.15) is 0 Å². The zero-order valence-corrected chi connectivity index (χ0v) is 8.62. The molecule has 0 aliphatic carbocycles. The molecule has 0 aliphatic heterocycles. The summed E-state index contributed by atoms with van der Waals surface area (Å²) in [6.07, 6.45) is 16.2. The minimum atomic E-state index is 0.780. The molecule has 16 heavy (non-hydrogen) atoms. The van der Waals surface area contributed by atoms with E-state index in [0.29, 0.717) is 0 Å². The van der Waals surface area contributed by atoms with Crippen LogP contribution in [0.1, 0.15) is 16.7 Å². The standard InChI is InChI=1S/C16H8/c1-4-12-7-8-15-10-13(5-2)9-14(6-3)16(15)11-12/h1-3,7-11H. The summed E-state index contributed by atoms with van der Waals surface area (Å²) in [4.78, 5) is 0. The average molecular weight is 200 g/mol. The van der Waals surface area contributed by atoms with Crippen LogP contribution in [0.5, 0.6) is 0 Å². The van der Waals surface area contributed by atoms with E-state index in [2.05, 4.69) is 17.8 Å². The second-order valence-electron chi connectivity index (χ2n) is 3.39. The highest BCUT2D eigenvalue weighted by molar-refractivity contribution is 5.90. The molecule has 0 nitrogen and oxygen atoms in total. The van der Waals surface area contributed by atoms with Gasteiger partial charge in [0.2, 0.25) is 0 Å². The van der Waals surface area contributed by atoms with E-state index in [0.717, 1.165) is 27.5 Å². The normalized spacial score (nSPS) is 9.06. The van der Waals surface area contributed by atoms with Gasteiger partial charge in [-0.15, -0.1) is 19.3 Å². The van der Waals surface area contributed by atoms with Crippen molar-refractivity contribution in [2.24, 2.45) is 0 Å². The molecule has 0 atom stereocenters. The molecule has 2 rings (SSSR count). The quantitative estimate of drug-likeness (QED) is 0.574. The zero-order chi connectivity index (χ0) is 11.5. The van der Waals surface area contributed by atoms with E-state index in [1.807, 2.05) is 30.3 Å². The maximum atomic E-state index is 5.46. The molecule has 0 spiro atoms. The number of benzene rings is 2. The van der Waals surface area contributed by atoms with Crippen molar-refractivity contribution in [2.45, 2.75) is 0 Å². The second-order valence-corrected chi connectivity index (χ2v) is 3.39. The molecule has 0 N–H and O–H groups in total. The molecule has 0 radical (unpaired) electrons. The Labute approximate surface area is 95.3 Å². The third kappa shape index (κ3) is 1.52. The molecular weight excluding hydrogens is 192 g/mol. The van der Waals surface area contributed by atoms with E-state index < -0.39 is 0 Å². The molecule has 0 bridgehead atoms. The molecule has 72 valence electrons. The van der Waals surface area contributed by atoms with Crippen molar-refractivity contribution < 1.29 is 0 Å². The Balaban J connectivity index is 2.88. The number of fused-ring (bicyclic) bond motifs is 1. The lowest BCUT2D eigenvalue weighted by Crippen LogP contribution is -1.85. The molecule has 0 unspecified atom stereocenters. The zero-order valence-electron chi connectivity index (χ0n) is 8.62. The van der Waals surface area contributed by atoms with Gasteiger partial charge in [0.05, 0.1) is 0 Å². The van der Waals surface area contributed by atoms with Crippen LogP contribution in [0, 0.1) is 37.0 Å². The van der Waals surface area contributed by atoms with Gasteiger partial charge in [-0.2, -0.15) is 0 Å². The molecule has 0 aliphatic rings. The van der Waals surface area contributed by atoms with Gasteiger partial charge in [-0.25, -0.2) is 0 Å². The van der Waals surface area contributed by atoms with Gasteiger partial charge >= 0.3 is 0 Å². The molecule has 0 aromatic heterocycles. The van der Waals surface area contributed by atoms with E-state index in [9.17, 15) is 0 Å². The smallest absolute Gasteiger partial charge is 0.0333 e. The van der Waals surface area contributed by atoms with Crippen LogP contribution in [-0.2, 0) is 0 Å². The first kappa shape index (κ1) is 9.92. The van der Waals surface area contributed by atoms with Crippen LogP contribution in [0.15, 0.2) is 30.3 Å². The van der Waals surface area contributed by atoms with Gasteiger partial charge in [-0.05, 0) is 35.0 Å². The van der Waals surface area contributed by atoms with E-state index in [4.69, 9.17) is 19.3 Å². The average Bonchev–Trinajstić information content (AvgIpc) is 2.36. The summed E-state index contributed by atoms with van der Waals surface area (Å²) in [5, 5.41) is 1.99. The van der Waals surface area contributed by atoms with Crippen molar-refractivity contribution in [3.63, 3.8) is 0 Å². The van der Waals surface area contributed by atoms with Gasteiger partial charge in [-0.1, -0.05) is 23.8 Å². The van der Waals surface area contributed by atoms with Gasteiger partial charge in [0.25, 0.3) is 0 Å². The predicted molar refractivity (Wildman–Crippen MR) is 67.8 cm³/mol. The van der Waals surface area contributed by atoms with Crippen LogP contribution in [0.3, 0.4) is 0 Å². The van der Waals surface area contributed by atoms with E-state index in [1.54, 1.807) is 0 Å². The first-order chi connectivity index (χ1) is 7.78. The van der Waals surface area contributed by atoms with Crippen molar-refractivity contribution in [3.05, 3.63) is 47.0 Å². The topological polar surface area (TPSA) is 0 Å². The van der Waals surface area contributed by atoms with E-state index in [1.165, 1.54) is 0 Å². The third-order valence-corrected chi connectivity index (χ3v) is 2.44. The van der Waals surface area contributed by atoms with Crippen molar-refractivity contribution in [2.75, 3.05) is 0 Å². The molecule has 0 amide bonds.